The van der Waals surface area contributed by atoms with E-state index in [1.165, 1.54) is 4.90 Å². The average Bonchev–Trinajstić information content (AvgIpc) is 2.47. The molecule has 1 aliphatic heterocycles. The molecule has 0 aliphatic carbocycles. The van der Waals surface area contributed by atoms with Crippen molar-refractivity contribution in [2.75, 3.05) is 7.05 Å². The van der Waals surface area contributed by atoms with Crippen LogP contribution >= 0.6 is 11.8 Å². The number of carbonyl (C=O) groups is 1. The van der Waals surface area contributed by atoms with Crippen LogP contribution in [0, 0.1) is 0 Å². The molecule has 0 saturated carbocycles. The van der Waals surface area contributed by atoms with Gasteiger partial charge in [-0.3, -0.25) is 4.79 Å². The molecule has 74 valence electrons. The molecule has 0 unspecified atom stereocenters. The van der Waals surface area contributed by atoms with Crippen LogP contribution in [0.25, 0.3) is 0 Å². The first-order valence-electron chi connectivity index (χ1n) is 4.31. The van der Waals surface area contributed by atoms with E-state index in [-0.39, 0.29) is 5.37 Å². The molecule has 1 amide bonds. The van der Waals surface area contributed by atoms with E-state index >= 15 is 0 Å². The lowest BCUT2D eigenvalue weighted by Gasteiger charge is -2.17. The summed E-state index contributed by atoms with van der Waals surface area (Å²) in [6.07, 6.45) is 0. The number of hydrogen-bond donors (Lipinski definition) is 0. The van der Waals surface area contributed by atoms with E-state index in [2.05, 4.69) is 0 Å². The van der Waals surface area contributed by atoms with E-state index in [0.29, 0.717) is 0 Å². The van der Waals surface area contributed by atoms with E-state index in [1.54, 1.807) is 7.05 Å². The van der Waals surface area contributed by atoms with Gasteiger partial charge in [0.2, 0.25) is 5.50 Å². The molecule has 0 radical (unpaired) electrons. The van der Waals surface area contributed by atoms with Crippen LogP contribution in [-0.4, -0.2) is 23.4 Å². The molecule has 1 saturated heterocycles. The quantitative estimate of drug-likeness (QED) is 0.709. The zero-order valence-corrected chi connectivity index (χ0v) is 8.50. The van der Waals surface area contributed by atoms with Gasteiger partial charge in [-0.15, -0.1) is 0 Å². The second-order valence-electron chi connectivity index (χ2n) is 3.16. The van der Waals surface area contributed by atoms with Crippen LogP contribution in [0.5, 0.6) is 0 Å². The summed E-state index contributed by atoms with van der Waals surface area (Å²) in [5.41, 5.74) is -0.446. The number of amides is 1. The first-order valence-corrected chi connectivity index (χ1v) is 5.25. The topological polar surface area (TPSA) is 20.3 Å². The summed E-state index contributed by atoms with van der Waals surface area (Å²) in [5.74, 6) is -0.441. The molecular weight excluding hydrogens is 201 g/mol. The van der Waals surface area contributed by atoms with Crippen molar-refractivity contribution < 1.29 is 9.18 Å². The van der Waals surface area contributed by atoms with Crippen LogP contribution < -0.4 is 0 Å². The van der Waals surface area contributed by atoms with Crippen molar-refractivity contribution in [2.45, 2.75) is 10.9 Å². The molecule has 1 heterocycles. The Bertz CT molecular complexity index is 343. The zero-order valence-electron chi connectivity index (χ0n) is 7.68. The van der Waals surface area contributed by atoms with Gasteiger partial charge in [-0.05, 0) is 5.56 Å². The summed E-state index contributed by atoms with van der Waals surface area (Å²) in [6.45, 7) is 0. The van der Waals surface area contributed by atoms with Crippen LogP contribution in [0.1, 0.15) is 10.9 Å². The van der Waals surface area contributed by atoms with Gasteiger partial charge in [-0.25, -0.2) is 4.39 Å². The Morgan fingerprint density at radius 2 is 2.00 bits per heavy atom. The third-order valence-electron chi connectivity index (χ3n) is 2.23. The molecular formula is C10H10FNOS. The number of thioether (sulfide) groups is 1. The molecule has 1 aromatic carbocycles. The van der Waals surface area contributed by atoms with E-state index in [0.717, 1.165) is 17.3 Å². The summed E-state index contributed by atoms with van der Waals surface area (Å²) in [4.78, 5) is 12.7. The second-order valence-corrected chi connectivity index (χ2v) is 4.30. The highest BCUT2D eigenvalue weighted by atomic mass is 32.2. The minimum absolute atomic E-state index is 0.182. The lowest BCUT2D eigenvalue weighted by Crippen LogP contribution is -2.25. The van der Waals surface area contributed by atoms with Gasteiger partial charge in [-0.2, -0.15) is 0 Å². The van der Waals surface area contributed by atoms with Gasteiger partial charge in [0.05, 0.1) is 0 Å². The van der Waals surface area contributed by atoms with Crippen LogP contribution in [0.4, 0.5) is 4.39 Å². The van der Waals surface area contributed by atoms with E-state index in [4.69, 9.17) is 0 Å². The van der Waals surface area contributed by atoms with Crippen LogP contribution in [-0.2, 0) is 4.79 Å². The Morgan fingerprint density at radius 1 is 1.36 bits per heavy atom. The first kappa shape index (κ1) is 9.52. The highest BCUT2D eigenvalue weighted by Gasteiger charge is 2.38. The molecule has 0 aromatic heterocycles. The molecule has 0 spiro atoms. The highest BCUT2D eigenvalue weighted by molar-refractivity contribution is 8.01. The summed E-state index contributed by atoms with van der Waals surface area (Å²) >= 11 is 1.04. The lowest BCUT2D eigenvalue weighted by atomic mass is 10.2. The molecule has 2 nitrogen and oxygen atoms in total. The van der Waals surface area contributed by atoms with Gasteiger partial charge in [-0.1, -0.05) is 42.1 Å². The molecule has 0 N–H and O–H groups in total. The monoisotopic (exact) mass is 211 g/mol. The average molecular weight is 211 g/mol. The van der Waals surface area contributed by atoms with Crippen molar-refractivity contribution in [1.82, 2.24) is 4.90 Å². The van der Waals surface area contributed by atoms with Crippen molar-refractivity contribution in [2.24, 2.45) is 0 Å². The third-order valence-corrected chi connectivity index (χ3v) is 3.51. The molecule has 0 bridgehead atoms. The Labute approximate surface area is 86.1 Å². The number of nitrogens with zero attached hydrogens (tertiary/aromatic N) is 1. The summed E-state index contributed by atoms with van der Waals surface area (Å²) in [6, 6.07) is 9.48. The number of rotatable bonds is 1. The molecule has 1 aromatic rings. The Hall–Kier alpha value is -1.03. The number of carbonyl (C=O) groups excluding carboxylic acids is 1. The van der Waals surface area contributed by atoms with Gasteiger partial charge in [0.1, 0.15) is 5.37 Å². The lowest BCUT2D eigenvalue weighted by molar-refractivity contribution is -0.131. The van der Waals surface area contributed by atoms with Crippen LogP contribution in [0.15, 0.2) is 30.3 Å². The Morgan fingerprint density at radius 3 is 2.50 bits per heavy atom. The molecule has 4 heteroatoms. The van der Waals surface area contributed by atoms with E-state index < -0.39 is 11.4 Å². The summed E-state index contributed by atoms with van der Waals surface area (Å²) in [7, 11) is 1.63. The van der Waals surface area contributed by atoms with Crippen molar-refractivity contribution in [3.8, 4) is 0 Å². The van der Waals surface area contributed by atoms with E-state index in [9.17, 15) is 9.18 Å². The number of halogens is 1. The third kappa shape index (κ3) is 1.50. The highest BCUT2D eigenvalue weighted by Crippen LogP contribution is 2.42. The van der Waals surface area contributed by atoms with Crippen molar-refractivity contribution in [3.05, 3.63) is 35.9 Å². The first-order chi connectivity index (χ1) is 6.70. The fourth-order valence-corrected chi connectivity index (χ4v) is 2.57. The molecule has 1 fully saturated rings. The van der Waals surface area contributed by atoms with Gasteiger partial charge in [0.15, 0.2) is 0 Å². The van der Waals surface area contributed by atoms with Crippen molar-refractivity contribution in [1.29, 1.82) is 0 Å². The Kier molecular flexibility index (Phi) is 2.46. The van der Waals surface area contributed by atoms with E-state index in [1.807, 2.05) is 30.3 Å². The largest absolute Gasteiger partial charge is 0.326 e. The normalized spacial score (nSPS) is 27.0. The van der Waals surface area contributed by atoms with Crippen LogP contribution in [0.3, 0.4) is 0 Å². The maximum atomic E-state index is 13.1. The fourth-order valence-electron chi connectivity index (χ4n) is 1.46. The van der Waals surface area contributed by atoms with Gasteiger partial charge in [0.25, 0.3) is 5.91 Å². The molecule has 2 atom stereocenters. The smallest absolute Gasteiger partial charge is 0.268 e. The molecule has 1 aliphatic rings. The second kappa shape index (κ2) is 3.61. The number of benzene rings is 1. The SMILES string of the molecule is CN1C(=O)[C@@H](F)S[C@H]1c1ccccc1. The van der Waals surface area contributed by atoms with Crippen molar-refractivity contribution >= 4 is 17.7 Å². The summed E-state index contributed by atoms with van der Waals surface area (Å²) in [5, 5.41) is -0.182. The predicted molar refractivity (Wildman–Crippen MR) is 54.4 cm³/mol. The minimum atomic E-state index is -1.41. The van der Waals surface area contributed by atoms with Gasteiger partial charge < -0.3 is 4.90 Å². The zero-order chi connectivity index (χ0) is 10.1. The standard InChI is InChI=1S/C10H10FNOS/c1-12-9(13)8(11)14-10(12)7-5-3-2-4-6-7/h2-6,8,10H,1H3/t8-,10-/m0/s1. The molecule has 2 rings (SSSR count). The number of alkyl halides is 1. The van der Waals surface area contributed by atoms with Gasteiger partial charge >= 0.3 is 0 Å². The maximum Gasteiger partial charge on any atom is 0.268 e. The molecule has 14 heavy (non-hydrogen) atoms. The predicted octanol–water partition coefficient (Wildman–Crippen LogP) is 2.19. The maximum absolute atomic E-state index is 13.1. The fraction of sp³-hybridized carbons (Fsp3) is 0.300. The minimum Gasteiger partial charge on any atom is -0.326 e. The van der Waals surface area contributed by atoms with Crippen LogP contribution in [0.2, 0.25) is 0 Å². The Balaban J connectivity index is 2.26. The van der Waals surface area contributed by atoms with Crippen molar-refractivity contribution in [3.63, 3.8) is 0 Å². The number of hydrogen-bond acceptors (Lipinski definition) is 2. The summed E-state index contributed by atoms with van der Waals surface area (Å²) < 4.78 is 13.1. The van der Waals surface area contributed by atoms with Gasteiger partial charge in [0, 0.05) is 7.05 Å².